The Hall–Kier alpha value is -2.42. The first-order chi connectivity index (χ1) is 14.2. The molecule has 0 radical (unpaired) electrons. The van der Waals surface area contributed by atoms with Crippen LogP contribution < -0.4 is 5.32 Å². The summed E-state index contributed by atoms with van der Waals surface area (Å²) in [6.07, 6.45) is 0. The first-order valence-corrected chi connectivity index (χ1v) is 11.7. The maximum atomic E-state index is 13.3. The number of nitrogens with one attached hydrogen (secondary N) is 1. The Morgan fingerprint density at radius 2 is 1.70 bits per heavy atom. The highest BCUT2D eigenvalue weighted by atomic mass is 35.5. The second kappa shape index (κ2) is 9.16. The molecule has 7 nitrogen and oxygen atoms in total. The van der Waals surface area contributed by atoms with Crippen LogP contribution in [0, 0.1) is 0 Å². The summed E-state index contributed by atoms with van der Waals surface area (Å²) in [6.45, 7) is 0.532. The molecule has 2 amide bonds. The van der Waals surface area contributed by atoms with Gasteiger partial charge in [0, 0.05) is 32.7 Å². The number of sulfone groups is 1. The van der Waals surface area contributed by atoms with Crippen LogP contribution in [0.3, 0.4) is 0 Å². The maximum absolute atomic E-state index is 13.3. The molecule has 0 aromatic heterocycles. The number of carbonyl (C=O) groups is 2. The second-order valence-corrected chi connectivity index (χ2v) is 10.1. The van der Waals surface area contributed by atoms with Crippen LogP contribution >= 0.6 is 11.6 Å². The number of hydrogen-bond acceptors (Lipinski definition) is 5. The summed E-state index contributed by atoms with van der Waals surface area (Å²) in [6, 6.07) is 13.2. The molecule has 1 unspecified atom stereocenters. The van der Waals surface area contributed by atoms with Crippen molar-refractivity contribution in [2.45, 2.75) is 6.04 Å². The molecule has 9 heteroatoms. The van der Waals surface area contributed by atoms with Crippen LogP contribution in [0.25, 0.3) is 0 Å². The number of hydrogen-bond donors (Lipinski definition) is 1. The zero-order chi connectivity index (χ0) is 21.9. The average molecular weight is 450 g/mol. The molecule has 1 atom stereocenters. The topological polar surface area (TPSA) is 86.8 Å². The van der Waals surface area contributed by atoms with Crippen molar-refractivity contribution < 1.29 is 18.0 Å². The predicted molar refractivity (Wildman–Crippen MR) is 118 cm³/mol. The maximum Gasteiger partial charge on any atom is 0.253 e. The van der Waals surface area contributed by atoms with Gasteiger partial charge in [0.2, 0.25) is 5.91 Å². The fourth-order valence-corrected chi connectivity index (χ4v) is 4.76. The van der Waals surface area contributed by atoms with Gasteiger partial charge in [-0.1, -0.05) is 41.9 Å². The minimum absolute atomic E-state index is 0.0111. The van der Waals surface area contributed by atoms with Crippen LogP contribution in [0.4, 0.5) is 5.69 Å². The number of amides is 2. The molecule has 2 aromatic rings. The van der Waals surface area contributed by atoms with Gasteiger partial charge in [-0.15, -0.1) is 0 Å². The van der Waals surface area contributed by atoms with E-state index in [1.807, 2.05) is 35.2 Å². The third-order valence-electron chi connectivity index (χ3n) is 4.99. The Morgan fingerprint density at radius 3 is 2.30 bits per heavy atom. The largest absolute Gasteiger partial charge is 0.345 e. The molecule has 3 rings (SSSR count). The Morgan fingerprint density at radius 1 is 1.07 bits per heavy atom. The van der Waals surface area contributed by atoms with Crippen LogP contribution in [-0.2, 0) is 14.6 Å². The Bertz CT molecular complexity index is 1030. The predicted octanol–water partition coefficient (Wildman–Crippen LogP) is 2.45. The quantitative estimate of drug-likeness (QED) is 0.757. The van der Waals surface area contributed by atoms with Gasteiger partial charge in [0.1, 0.15) is 6.04 Å². The number of halogens is 1. The van der Waals surface area contributed by atoms with Crippen LogP contribution in [0.5, 0.6) is 0 Å². The molecule has 1 fully saturated rings. The van der Waals surface area contributed by atoms with Crippen LogP contribution in [-0.4, -0.2) is 68.7 Å². The molecular formula is C21H24ClN3O4S. The lowest BCUT2D eigenvalue weighted by Gasteiger charge is -2.33. The minimum atomic E-state index is -3.08. The summed E-state index contributed by atoms with van der Waals surface area (Å²) < 4.78 is 23.7. The van der Waals surface area contributed by atoms with Crippen molar-refractivity contribution in [1.29, 1.82) is 0 Å². The molecule has 1 heterocycles. The van der Waals surface area contributed by atoms with Crippen molar-refractivity contribution in [3.05, 3.63) is 64.7 Å². The van der Waals surface area contributed by atoms with Crippen molar-refractivity contribution >= 4 is 38.9 Å². The summed E-state index contributed by atoms with van der Waals surface area (Å²) in [4.78, 5) is 28.8. The molecule has 1 saturated heterocycles. The van der Waals surface area contributed by atoms with Crippen molar-refractivity contribution in [1.82, 2.24) is 9.80 Å². The highest BCUT2D eigenvalue weighted by Crippen LogP contribution is 2.28. The van der Waals surface area contributed by atoms with Gasteiger partial charge in [-0.05, 0) is 23.8 Å². The summed E-state index contributed by atoms with van der Waals surface area (Å²) in [5, 5.41) is 3.14. The average Bonchev–Trinajstić information content (AvgIpc) is 2.71. The van der Waals surface area contributed by atoms with Gasteiger partial charge in [0.15, 0.2) is 9.84 Å². The van der Waals surface area contributed by atoms with Gasteiger partial charge >= 0.3 is 0 Å². The lowest BCUT2D eigenvalue weighted by Crippen LogP contribution is -2.46. The van der Waals surface area contributed by atoms with E-state index >= 15 is 0 Å². The Balaban J connectivity index is 1.89. The molecule has 0 saturated carbocycles. The first-order valence-electron chi connectivity index (χ1n) is 9.49. The number of anilines is 1. The van der Waals surface area contributed by atoms with Gasteiger partial charge in [0.05, 0.1) is 22.2 Å². The van der Waals surface area contributed by atoms with Gasteiger partial charge in [-0.2, -0.15) is 0 Å². The fourth-order valence-electron chi connectivity index (χ4n) is 3.36. The summed E-state index contributed by atoms with van der Waals surface area (Å²) >= 11 is 6.27. The third-order valence-corrected chi connectivity index (χ3v) is 6.92. The SMILES string of the molecule is CN(C)C(=O)c1ccc(Cl)c(NC(=O)C(c2ccccc2)N2CCS(=O)(=O)CC2)c1. The smallest absolute Gasteiger partial charge is 0.253 e. The fraction of sp³-hybridized carbons (Fsp3) is 0.333. The van der Waals surface area contributed by atoms with E-state index in [1.165, 1.54) is 4.90 Å². The molecule has 1 aliphatic rings. The van der Waals surface area contributed by atoms with Crippen molar-refractivity contribution in [2.75, 3.05) is 44.0 Å². The van der Waals surface area contributed by atoms with Crippen LogP contribution in [0.1, 0.15) is 22.0 Å². The zero-order valence-corrected chi connectivity index (χ0v) is 18.4. The normalized spacial score (nSPS) is 17.2. The number of carbonyl (C=O) groups excluding carboxylic acids is 2. The van der Waals surface area contributed by atoms with E-state index in [2.05, 4.69) is 5.32 Å². The third kappa shape index (κ3) is 5.19. The molecule has 0 aliphatic carbocycles. The van der Waals surface area contributed by atoms with Crippen molar-refractivity contribution in [2.24, 2.45) is 0 Å². The highest BCUT2D eigenvalue weighted by molar-refractivity contribution is 7.91. The Labute approximate surface area is 181 Å². The summed E-state index contributed by atoms with van der Waals surface area (Å²) in [5.74, 6) is -0.520. The van der Waals surface area contributed by atoms with E-state index in [0.29, 0.717) is 16.3 Å². The van der Waals surface area contributed by atoms with E-state index < -0.39 is 15.9 Å². The lowest BCUT2D eigenvalue weighted by molar-refractivity contribution is -0.121. The van der Waals surface area contributed by atoms with E-state index in [1.54, 1.807) is 32.3 Å². The Kier molecular flexibility index (Phi) is 6.80. The van der Waals surface area contributed by atoms with Crippen LogP contribution in [0.15, 0.2) is 48.5 Å². The zero-order valence-electron chi connectivity index (χ0n) is 16.8. The monoisotopic (exact) mass is 449 g/mol. The van der Waals surface area contributed by atoms with Gasteiger partial charge in [-0.25, -0.2) is 8.42 Å². The molecule has 1 N–H and O–H groups in total. The molecule has 0 spiro atoms. The van der Waals surface area contributed by atoms with Gasteiger partial charge in [0.25, 0.3) is 5.91 Å². The molecule has 0 bridgehead atoms. The van der Waals surface area contributed by atoms with Crippen molar-refractivity contribution in [3.8, 4) is 0 Å². The summed E-state index contributed by atoms with van der Waals surface area (Å²) in [5.41, 5.74) is 1.49. The summed E-state index contributed by atoms with van der Waals surface area (Å²) in [7, 11) is 0.205. The van der Waals surface area contributed by atoms with Crippen molar-refractivity contribution in [3.63, 3.8) is 0 Å². The molecule has 2 aromatic carbocycles. The minimum Gasteiger partial charge on any atom is -0.345 e. The number of rotatable bonds is 5. The van der Waals surface area contributed by atoms with E-state index in [9.17, 15) is 18.0 Å². The van der Waals surface area contributed by atoms with E-state index in [4.69, 9.17) is 11.6 Å². The van der Waals surface area contributed by atoms with Gasteiger partial charge < -0.3 is 10.2 Å². The standard InChI is InChI=1S/C21H24ClN3O4S/c1-24(2)21(27)16-8-9-17(22)18(14-16)23-20(26)19(15-6-4-3-5-7-15)25-10-12-30(28,29)13-11-25/h3-9,14,19H,10-13H2,1-2H3,(H,23,26). The highest BCUT2D eigenvalue weighted by Gasteiger charge is 2.32. The number of benzene rings is 2. The molecular weight excluding hydrogens is 426 g/mol. The molecule has 30 heavy (non-hydrogen) atoms. The molecule has 1 aliphatic heterocycles. The first kappa shape index (κ1) is 22.3. The lowest BCUT2D eigenvalue weighted by atomic mass is 10.0. The number of nitrogens with zero attached hydrogens (tertiary/aromatic N) is 2. The molecule has 160 valence electrons. The van der Waals surface area contributed by atoms with Gasteiger partial charge in [-0.3, -0.25) is 14.5 Å². The second-order valence-electron chi connectivity index (χ2n) is 7.38. The van der Waals surface area contributed by atoms with E-state index in [-0.39, 0.29) is 36.4 Å². The van der Waals surface area contributed by atoms with E-state index in [0.717, 1.165) is 5.56 Å². The van der Waals surface area contributed by atoms with Crippen LogP contribution in [0.2, 0.25) is 5.02 Å².